The average Bonchev–Trinajstić information content (AvgIpc) is 4.09. The van der Waals surface area contributed by atoms with E-state index in [4.69, 9.17) is 31.8 Å². The molecule has 0 fully saturated rings. The Balaban J connectivity index is 1.62. The first kappa shape index (κ1) is 11.1. The maximum Gasteiger partial charge on any atom is 0.143 e. The smallest absolute Gasteiger partial charge is 0.143 e. The Hall–Kier alpha value is -6.44. The van der Waals surface area contributed by atoms with Gasteiger partial charge in [-0.05, 0) is 83.5 Å². The number of furan rings is 1. The van der Waals surface area contributed by atoms with E-state index in [9.17, 15) is 13.7 Å². The molecule has 0 radical (unpaired) electrons. The summed E-state index contributed by atoms with van der Waals surface area (Å²) >= 11 is 0. The lowest BCUT2D eigenvalue weighted by Crippen LogP contribution is -1.91. The van der Waals surface area contributed by atoms with Gasteiger partial charge in [0.25, 0.3) is 0 Å². The molecule has 0 atom stereocenters. The van der Waals surface area contributed by atoms with Crippen LogP contribution in [0.25, 0.3) is 98.8 Å². The Kier molecular flexibility index (Phi) is 2.50. The molecule has 228 valence electrons. The second-order valence-corrected chi connectivity index (χ2v) is 10.5. The molecule has 0 aliphatic carbocycles. The van der Waals surface area contributed by atoms with Crippen LogP contribution in [0.1, 0.15) is 41.1 Å². The summed E-state index contributed by atoms with van der Waals surface area (Å²) in [5.74, 6) is -0.992. The highest BCUT2D eigenvalue weighted by Gasteiger charge is 2.24. The van der Waals surface area contributed by atoms with Crippen LogP contribution >= 0.6 is 0 Å². The van der Waals surface area contributed by atoms with Crippen LogP contribution in [0.4, 0.5) is 0 Å². The zero-order chi connectivity index (χ0) is 58.4. The Labute approximate surface area is 326 Å². The minimum absolute atomic E-state index is 0.610. The number of benzene rings is 9. The molecule has 0 aliphatic rings. The molecule has 1 nitrogen and oxygen atoms in total. The van der Waals surface area contributed by atoms with Gasteiger partial charge in [0.2, 0.25) is 0 Å². The first-order chi connectivity index (χ1) is 36.8. The van der Waals surface area contributed by atoms with Crippen LogP contribution in [-0.2, 0) is 0 Å². The van der Waals surface area contributed by atoms with Gasteiger partial charge in [0.15, 0.2) is 0 Å². The van der Waals surface area contributed by atoms with Crippen molar-refractivity contribution in [2.75, 3.05) is 0 Å². The zero-order valence-corrected chi connectivity index (χ0v) is 24.4. The van der Waals surface area contributed by atoms with Gasteiger partial charge in [-0.2, -0.15) is 0 Å². The first-order valence-electron chi connectivity index (χ1n) is 29.4. The summed E-state index contributed by atoms with van der Waals surface area (Å²) in [5.41, 5.74) is -6.84. The number of rotatable bonds is 4. The van der Waals surface area contributed by atoms with Crippen molar-refractivity contribution in [2.45, 2.75) is 0 Å². The van der Waals surface area contributed by atoms with Gasteiger partial charge in [0.05, 0.1) is 41.1 Å². The van der Waals surface area contributed by atoms with E-state index in [1.54, 1.807) is 0 Å². The topological polar surface area (TPSA) is 13.1 Å². The second-order valence-electron chi connectivity index (χ2n) is 10.5. The van der Waals surface area contributed by atoms with E-state index in [1.165, 1.54) is 0 Å². The van der Waals surface area contributed by atoms with Crippen LogP contribution in [0.3, 0.4) is 0 Å². The predicted octanol–water partition coefficient (Wildman–Crippen LogP) is 13.7. The summed E-state index contributed by atoms with van der Waals surface area (Å²) in [6.45, 7) is 0. The third-order valence-corrected chi connectivity index (χ3v) is 7.87. The van der Waals surface area contributed by atoms with Gasteiger partial charge >= 0.3 is 0 Å². The standard InChI is InChI=1S/C48H30O/c1-3-13-31(14-4-1)35-27-28-44-43(29-35)47(48(49-44)36-26-25-33-24-23-32-15-7-8-18-37(32)42(33)30-36)46-40-21-11-9-19-38(40)45(34-16-5-2-6-17-34)39-20-10-12-22-41(39)46/h1-30H/i1D,2D,3D,4D,5D,6D,7D,8D,9D,10D,11D,12D,13D,14D,15D,16D,17D,18D,19D,20D,21D,22D,23D,24D,25D,26D,27D,28D,29D,30D. The molecule has 0 N–H and O–H groups in total. The van der Waals surface area contributed by atoms with E-state index in [1.807, 2.05) is 0 Å². The summed E-state index contributed by atoms with van der Waals surface area (Å²) in [6, 6.07) is -29.8. The van der Waals surface area contributed by atoms with Crippen LogP contribution in [0.15, 0.2) is 186 Å². The summed E-state index contributed by atoms with van der Waals surface area (Å²) < 4.78 is 278. The van der Waals surface area contributed by atoms with Crippen molar-refractivity contribution in [3.63, 3.8) is 0 Å². The van der Waals surface area contributed by atoms with Crippen molar-refractivity contribution < 1.29 is 45.5 Å². The lowest BCUT2D eigenvalue weighted by Gasteiger charge is -2.18. The third-order valence-electron chi connectivity index (χ3n) is 7.87. The van der Waals surface area contributed by atoms with Gasteiger partial charge in [-0.25, -0.2) is 0 Å². The molecule has 10 aromatic rings. The van der Waals surface area contributed by atoms with Gasteiger partial charge in [-0.15, -0.1) is 0 Å². The van der Waals surface area contributed by atoms with Crippen molar-refractivity contribution >= 4 is 54.1 Å². The summed E-state index contributed by atoms with van der Waals surface area (Å²) in [5, 5.41) is -6.67. The van der Waals surface area contributed by atoms with Crippen LogP contribution in [0.5, 0.6) is 0 Å². The molecule has 9 aromatic carbocycles. The first-order valence-corrected chi connectivity index (χ1v) is 14.4. The predicted molar refractivity (Wildman–Crippen MR) is 208 cm³/mol. The lowest BCUT2D eigenvalue weighted by atomic mass is 9.84. The molecule has 0 saturated heterocycles. The largest absolute Gasteiger partial charge is 0.455 e. The molecule has 0 bridgehead atoms. The van der Waals surface area contributed by atoms with E-state index in [0.717, 1.165) is 0 Å². The Morgan fingerprint density at radius 3 is 1.47 bits per heavy atom. The Morgan fingerprint density at radius 2 is 0.796 bits per heavy atom. The maximum atomic E-state index is 9.99. The molecule has 1 heterocycles. The highest BCUT2D eigenvalue weighted by molar-refractivity contribution is 6.25. The normalized spacial score (nSPS) is 20.2. The minimum atomic E-state index is -1.09. The van der Waals surface area contributed by atoms with Gasteiger partial charge in [-0.1, -0.05) is 163 Å². The quantitative estimate of drug-likeness (QED) is 0.136. The molecule has 1 heteroatoms. The highest BCUT2D eigenvalue weighted by Crippen LogP contribution is 2.50. The minimum Gasteiger partial charge on any atom is -0.455 e. The fraction of sp³-hybridized carbons (Fsp3) is 0. The van der Waals surface area contributed by atoms with Gasteiger partial charge in [0.1, 0.15) is 11.3 Å². The Bertz CT molecular complexity index is 4460. The summed E-state index contributed by atoms with van der Waals surface area (Å²) in [6.07, 6.45) is 0. The molecule has 0 saturated carbocycles. The fourth-order valence-electron chi connectivity index (χ4n) is 5.85. The lowest BCUT2D eigenvalue weighted by molar-refractivity contribution is 0.632. The van der Waals surface area contributed by atoms with E-state index in [-0.39, 0.29) is 0 Å². The van der Waals surface area contributed by atoms with E-state index >= 15 is 0 Å². The molecular weight excluding hydrogens is 593 g/mol. The van der Waals surface area contributed by atoms with Crippen LogP contribution in [0, 0.1) is 0 Å². The second kappa shape index (κ2) is 11.1. The van der Waals surface area contributed by atoms with Crippen molar-refractivity contribution in [1.29, 1.82) is 0 Å². The number of fused-ring (bicyclic) bond motifs is 6. The average molecular weight is 653 g/mol. The third kappa shape index (κ3) is 4.40. The van der Waals surface area contributed by atoms with Crippen molar-refractivity contribution in [1.82, 2.24) is 0 Å². The van der Waals surface area contributed by atoms with E-state index in [2.05, 4.69) is 0 Å². The van der Waals surface area contributed by atoms with Crippen LogP contribution < -0.4 is 0 Å². The van der Waals surface area contributed by atoms with Crippen molar-refractivity contribution in [3.8, 4) is 44.7 Å². The van der Waals surface area contributed by atoms with Crippen molar-refractivity contribution in [2.24, 2.45) is 0 Å². The van der Waals surface area contributed by atoms with E-state index < -0.39 is 280 Å². The molecule has 0 amide bonds. The van der Waals surface area contributed by atoms with E-state index in [0.29, 0.717) is 0 Å². The number of hydrogen-bond donors (Lipinski definition) is 0. The van der Waals surface area contributed by atoms with Crippen molar-refractivity contribution in [3.05, 3.63) is 181 Å². The molecule has 0 aliphatic heterocycles. The van der Waals surface area contributed by atoms with Gasteiger partial charge in [0, 0.05) is 22.1 Å². The molecule has 1 aromatic heterocycles. The monoisotopic (exact) mass is 652 g/mol. The van der Waals surface area contributed by atoms with Crippen LogP contribution in [-0.4, -0.2) is 0 Å². The maximum absolute atomic E-state index is 9.99. The van der Waals surface area contributed by atoms with Crippen LogP contribution in [0.2, 0.25) is 0 Å². The van der Waals surface area contributed by atoms with Gasteiger partial charge < -0.3 is 4.42 Å². The zero-order valence-electron chi connectivity index (χ0n) is 54.4. The molecule has 0 spiro atoms. The highest BCUT2D eigenvalue weighted by atomic mass is 16.3. The molecule has 0 unspecified atom stereocenters. The molecule has 10 rings (SSSR count). The molecule has 49 heavy (non-hydrogen) atoms. The summed E-state index contributed by atoms with van der Waals surface area (Å²) in [7, 11) is 0. The molecular formula is C48H30O. The number of hydrogen-bond acceptors (Lipinski definition) is 1. The summed E-state index contributed by atoms with van der Waals surface area (Å²) in [4.78, 5) is 0. The van der Waals surface area contributed by atoms with Gasteiger partial charge in [-0.3, -0.25) is 0 Å². The Morgan fingerprint density at radius 1 is 0.306 bits per heavy atom. The fourth-order valence-corrected chi connectivity index (χ4v) is 5.85. The SMILES string of the molecule is [2H]c1c([2H])c([2H])c(-c2c([2H])c([2H])c3oc(-c4c([2H])c([2H])c5c([2H])c([2H])c6c([2H])c([2H])c([2H])c([2H])c6c5c4[2H])c(-c4c5c([2H])c([2H])c([2H])c([2H])c5c(-c5c([2H])c([2H])c([2H])c([2H])c5[2H])c5c([2H])c([2H])c([2H])c([2H])c45)c3c2[2H])c([2H])c1[2H].